The first kappa shape index (κ1) is 12.5. The van der Waals surface area contributed by atoms with Gasteiger partial charge in [-0.25, -0.2) is 0 Å². The van der Waals surface area contributed by atoms with Gasteiger partial charge < -0.3 is 14.8 Å². The molecule has 0 aliphatic carbocycles. The molecule has 1 fully saturated rings. The molecule has 0 aromatic rings. The van der Waals surface area contributed by atoms with Crippen molar-refractivity contribution in [1.82, 2.24) is 5.32 Å². The van der Waals surface area contributed by atoms with Crippen molar-refractivity contribution in [3.8, 4) is 0 Å². The van der Waals surface area contributed by atoms with E-state index in [0.29, 0.717) is 12.0 Å². The summed E-state index contributed by atoms with van der Waals surface area (Å²) in [6.45, 7) is 5.63. The summed E-state index contributed by atoms with van der Waals surface area (Å²) in [5.41, 5.74) is 0. The molecule has 2 atom stereocenters. The van der Waals surface area contributed by atoms with Crippen LogP contribution < -0.4 is 5.32 Å². The number of carbonyl (C=O) groups is 1. The van der Waals surface area contributed by atoms with E-state index in [1.54, 1.807) is 0 Å². The van der Waals surface area contributed by atoms with E-state index in [1.165, 1.54) is 7.11 Å². The fraction of sp³-hybridized carbons (Fsp3) is 0.909. The monoisotopic (exact) mass is 215 g/mol. The standard InChI is InChI=1S/C11H21NO3/c1-8(10-4-6-15-7-5-10)12-9(2)11(13)14-3/h8-10,12H,4-7H2,1-3H3. The van der Waals surface area contributed by atoms with E-state index in [2.05, 4.69) is 17.0 Å². The molecule has 4 nitrogen and oxygen atoms in total. The van der Waals surface area contributed by atoms with Crippen LogP contribution in [0, 0.1) is 5.92 Å². The summed E-state index contributed by atoms with van der Waals surface area (Å²) in [7, 11) is 1.42. The van der Waals surface area contributed by atoms with E-state index >= 15 is 0 Å². The van der Waals surface area contributed by atoms with Gasteiger partial charge in [0.05, 0.1) is 7.11 Å². The lowest BCUT2D eigenvalue weighted by Gasteiger charge is -2.29. The zero-order chi connectivity index (χ0) is 11.3. The highest BCUT2D eigenvalue weighted by atomic mass is 16.5. The molecule has 0 spiro atoms. The molecule has 0 radical (unpaired) electrons. The summed E-state index contributed by atoms with van der Waals surface area (Å²) in [5, 5.41) is 3.27. The third-order valence-corrected chi connectivity index (χ3v) is 3.04. The summed E-state index contributed by atoms with van der Waals surface area (Å²) < 4.78 is 9.98. The average Bonchev–Trinajstić information content (AvgIpc) is 2.29. The first-order valence-electron chi connectivity index (χ1n) is 5.56. The summed E-state index contributed by atoms with van der Waals surface area (Å²) in [5.74, 6) is 0.403. The predicted molar refractivity (Wildman–Crippen MR) is 57.6 cm³/mol. The lowest BCUT2D eigenvalue weighted by molar-refractivity contribution is -0.143. The van der Waals surface area contributed by atoms with E-state index < -0.39 is 0 Å². The first-order valence-corrected chi connectivity index (χ1v) is 5.56. The molecular formula is C11H21NO3. The molecule has 88 valence electrons. The summed E-state index contributed by atoms with van der Waals surface area (Å²) in [4.78, 5) is 11.2. The van der Waals surface area contributed by atoms with Crippen LogP contribution in [0.3, 0.4) is 0 Å². The van der Waals surface area contributed by atoms with E-state index in [-0.39, 0.29) is 12.0 Å². The second kappa shape index (κ2) is 6.08. The largest absolute Gasteiger partial charge is 0.468 e. The molecule has 1 heterocycles. The highest BCUT2D eigenvalue weighted by molar-refractivity contribution is 5.75. The fourth-order valence-corrected chi connectivity index (χ4v) is 1.99. The molecule has 0 amide bonds. The average molecular weight is 215 g/mol. The van der Waals surface area contributed by atoms with Crippen molar-refractivity contribution in [3.63, 3.8) is 0 Å². The van der Waals surface area contributed by atoms with Crippen LogP contribution in [-0.2, 0) is 14.3 Å². The van der Waals surface area contributed by atoms with Gasteiger partial charge in [0.1, 0.15) is 6.04 Å². The summed E-state index contributed by atoms with van der Waals surface area (Å²) >= 11 is 0. The highest BCUT2D eigenvalue weighted by Gasteiger charge is 2.23. The number of nitrogens with one attached hydrogen (secondary N) is 1. The minimum absolute atomic E-state index is 0.200. The summed E-state index contributed by atoms with van der Waals surface area (Å²) in [6.07, 6.45) is 2.14. The molecule has 2 unspecified atom stereocenters. The molecule has 1 aliphatic rings. The van der Waals surface area contributed by atoms with Gasteiger partial charge in [0.2, 0.25) is 0 Å². The van der Waals surface area contributed by atoms with Gasteiger partial charge in [-0.05, 0) is 32.6 Å². The molecule has 1 saturated heterocycles. The molecule has 15 heavy (non-hydrogen) atoms. The number of esters is 1. The van der Waals surface area contributed by atoms with Crippen molar-refractivity contribution < 1.29 is 14.3 Å². The first-order chi connectivity index (χ1) is 7.15. The van der Waals surface area contributed by atoms with Crippen molar-refractivity contribution in [2.24, 2.45) is 5.92 Å². The number of carbonyl (C=O) groups excluding carboxylic acids is 1. The molecule has 0 saturated carbocycles. The quantitative estimate of drug-likeness (QED) is 0.709. The number of hydrogen-bond acceptors (Lipinski definition) is 4. The molecule has 1 aliphatic heterocycles. The lowest BCUT2D eigenvalue weighted by atomic mass is 9.92. The second-order valence-corrected chi connectivity index (χ2v) is 4.15. The number of ether oxygens (including phenoxy) is 2. The Hall–Kier alpha value is -0.610. The lowest BCUT2D eigenvalue weighted by Crippen LogP contribution is -2.45. The Balaban J connectivity index is 2.33. The Morgan fingerprint density at radius 3 is 2.53 bits per heavy atom. The minimum atomic E-state index is -0.229. The number of hydrogen-bond donors (Lipinski definition) is 1. The zero-order valence-corrected chi connectivity index (χ0v) is 9.79. The van der Waals surface area contributed by atoms with Crippen LogP contribution in [0.25, 0.3) is 0 Å². The second-order valence-electron chi connectivity index (χ2n) is 4.15. The van der Waals surface area contributed by atoms with Gasteiger partial charge in [-0.15, -0.1) is 0 Å². The molecule has 0 aromatic heterocycles. The van der Waals surface area contributed by atoms with Gasteiger partial charge in [0, 0.05) is 19.3 Å². The van der Waals surface area contributed by atoms with Gasteiger partial charge in [-0.2, -0.15) is 0 Å². The van der Waals surface area contributed by atoms with Gasteiger partial charge in [0.15, 0.2) is 0 Å². The molecule has 0 bridgehead atoms. The maximum absolute atomic E-state index is 11.2. The van der Waals surface area contributed by atoms with Crippen LogP contribution in [-0.4, -0.2) is 38.4 Å². The minimum Gasteiger partial charge on any atom is -0.468 e. The van der Waals surface area contributed by atoms with Crippen LogP contribution in [0.4, 0.5) is 0 Å². The van der Waals surface area contributed by atoms with Crippen molar-refractivity contribution in [3.05, 3.63) is 0 Å². The van der Waals surface area contributed by atoms with E-state index in [4.69, 9.17) is 4.74 Å². The zero-order valence-electron chi connectivity index (χ0n) is 9.79. The van der Waals surface area contributed by atoms with Crippen LogP contribution in [0.5, 0.6) is 0 Å². The van der Waals surface area contributed by atoms with Crippen molar-refractivity contribution >= 4 is 5.97 Å². The normalized spacial score (nSPS) is 22.1. The summed E-state index contributed by atoms with van der Waals surface area (Å²) in [6, 6.07) is 0.107. The van der Waals surface area contributed by atoms with Gasteiger partial charge >= 0.3 is 5.97 Å². The Morgan fingerprint density at radius 1 is 1.40 bits per heavy atom. The van der Waals surface area contributed by atoms with Crippen LogP contribution >= 0.6 is 0 Å². The Labute approximate surface area is 91.3 Å². The molecule has 4 heteroatoms. The van der Waals surface area contributed by atoms with Crippen molar-refractivity contribution in [2.45, 2.75) is 38.8 Å². The van der Waals surface area contributed by atoms with Crippen molar-refractivity contribution in [1.29, 1.82) is 0 Å². The molecule has 1 rings (SSSR count). The molecular weight excluding hydrogens is 194 g/mol. The Kier molecular flexibility index (Phi) is 5.05. The van der Waals surface area contributed by atoms with Gasteiger partial charge in [0.25, 0.3) is 0 Å². The predicted octanol–water partition coefficient (Wildman–Crippen LogP) is 0.953. The topological polar surface area (TPSA) is 47.6 Å². The Morgan fingerprint density at radius 2 is 2.00 bits per heavy atom. The van der Waals surface area contributed by atoms with Crippen molar-refractivity contribution in [2.75, 3.05) is 20.3 Å². The van der Waals surface area contributed by atoms with Gasteiger partial charge in [-0.1, -0.05) is 0 Å². The van der Waals surface area contributed by atoms with Crippen LogP contribution in [0.2, 0.25) is 0 Å². The third-order valence-electron chi connectivity index (χ3n) is 3.04. The maximum atomic E-state index is 11.2. The van der Waals surface area contributed by atoms with Gasteiger partial charge in [-0.3, -0.25) is 4.79 Å². The van der Waals surface area contributed by atoms with Crippen LogP contribution in [0.15, 0.2) is 0 Å². The third kappa shape index (κ3) is 3.80. The number of methoxy groups -OCH3 is 1. The molecule has 1 N–H and O–H groups in total. The number of rotatable bonds is 4. The van der Waals surface area contributed by atoms with E-state index in [0.717, 1.165) is 26.1 Å². The fourth-order valence-electron chi connectivity index (χ4n) is 1.99. The SMILES string of the molecule is COC(=O)C(C)NC(C)C1CCOCC1. The molecule has 0 aromatic carbocycles. The maximum Gasteiger partial charge on any atom is 0.322 e. The van der Waals surface area contributed by atoms with E-state index in [9.17, 15) is 4.79 Å². The highest BCUT2D eigenvalue weighted by Crippen LogP contribution is 2.18. The smallest absolute Gasteiger partial charge is 0.322 e. The van der Waals surface area contributed by atoms with Crippen LogP contribution in [0.1, 0.15) is 26.7 Å². The van der Waals surface area contributed by atoms with E-state index in [1.807, 2.05) is 6.92 Å². The Bertz CT molecular complexity index is 202.